The first-order valence-corrected chi connectivity index (χ1v) is 9.77. The second kappa shape index (κ2) is 9.29. The number of halogens is 1. The van der Waals surface area contributed by atoms with E-state index < -0.39 is 5.97 Å². The van der Waals surface area contributed by atoms with Crippen LogP contribution in [0.3, 0.4) is 0 Å². The van der Waals surface area contributed by atoms with Gasteiger partial charge >= 0.3 is 5.97 Å². The van der Waals surface area contributed by atoms with Crippen molar-refractivity contribution in [1.82, 2.24) is 5.43 Å². The molecule has 8 heteroatoms. The minimum atomic E-state index is -0.448. The van der Waals surface area contributed by atoms with Gasteiger partial charge in [0.2, 0.25) is 0 Å². The molecule has 1 aromatic heterocycles. The molecule has 0 radical (unpaired) electrons. The number of methoxy groups -OCH3 is 1. The number of amides is 1. The lowest BCUT2D eigenvalue weighted by Crippen LogP contribution is -2.17. The minimum Gasteiger partial charge on any atom is -0.493 e. The zero-order valence-electron chi connectivity index (χ0n) is 14.7. The normalized spacial score (nSPS) is 10.6. The second-order valence-corrected chi connectivity index (χ2v) is 7.35. The lowest BCUT2D eigenvalue weighted by Gasteiger charge is -2.09. The molecule has 0 saturated heterocycles. The lowest BCUT2D eigenvalue weighted by atomic mass is 10.2. The number of esters is 1. The summed E-state index contributed by atoms with van der Waals surface area (Å²) in [4.78, 5) is 24.6. The van der Waals surface area contributed by atoms with Crippen LogP contribution in [0.2, 0.25) is 0 Å². The van der Waals surface area contributed by atoms with Gasteiger partial charge in [-0.05, 0) is 59.5 Å². The van der Waals surface area contributed by atoms with Gasteiger partial charge in [0.15, 0.2) is 11.5 Å². The number of nitrogens with one attached hydrogen (secondary N) is 1. The van der Waals surface area contributed by atoms with Crippen molar-refractivity contribution in [2.75, 3.05) is 7.11 Å². The quantitative estimate of drug-likeness (QED) is 0.255. The molecule has 0 fully saturated rings. The number of thiophene rings is 1. The van der Waals surface area contributed by atoms with Crippen LogP contribution in [0.5, 0.6) is 11.5 Å². The molecule has 0 spiro atoms. The molecule has 0 bridgehead atoms. The number of carbonyl (C=O) groups excluding carboxylic acids is 2. The summed E-state index contributed by atoms with van der Waals surface area (Å²) >= 11 is 4.62. The molecule has 142 valence electrons. The lowest BCUT2D eigenvalue weighted by molar-refractivity contribution is 0.0734. The maximum absolute atomic E-state index is 12.1. The van der Waals surface area contributed by atoms with Crippen LogP contribution < -0.4 is 14.9 Å². The highest BCUT2D eigenvalue weighted by Gasteiger charge is 2.13. The van der Waals surface area contributed by atoms with Gasteiger partial charge in [0.1, 0.15) is 4.88 Å². The molecule has 1 heterocycles. The molecule has 28 heavy (non-hydrogen) atoms. The molecule has 0 aliphatic carbocycles. The van der Waals surface area contributed by atoms with Gasteiger partial charge < -0.3 is 9.47 Å². The second-order valence-electron chi connectivity index (χ2n) is 5.48. The Morgan fingerprint density at radius 3 is 2.57 bits per heavy atom. The first-order valence-electron chi connectivity index (χ1n) is 8.09. The zero-order chi connectivity index (χ0) is 19.9. The van der Waals surface area contributed by atoms with Gasteiger partial charge in [-0.3, -0.25) is 4.79 Å². The molecule has 6 nitrogen and oxygen atoms in total. The molecule has 3 aromatic rings. The van der Waals surface area contributed by atoms with Gasteiger partial charge in [0.05, 0.1) is 13.3 Å². The summed E-state index contributed by atoms with van der Waals surface area (Å²) in [6.07, 6.45) is 1.48. The van der Waals surface area contributed by atoms with Gasteiger partial charge in [0.25, 0.3) is 5.91 Å². The molecule has 0 unspecified atom stereocenters. The maximum Gasteiger partial charge on any atom is 0.353 e. The van der Waals surface area contributed by atoms with Crippen LogP contribution in [0.25, 0.3) is 0 Å². The maximum atomic E-state index is 12.1. The SMILES string of the molecule is COc1cc(/C=N\NC(=O)c2ccc(Br)cc2)ccc1OC(=O)c1cccs1. The van der Waals surface area contributed by atoms with Crippen molar-refractivity contribution in [3.8, 4) is 11.5 Å². The molecular formula is C20H15BrN2O4S. The van der Waals surface area contributed by atoms with Gasteiger partial charge in [-0.25, -0.2) is 10.2 Å². The van der Waals surface area contributed by atoms with Crippen molar-refractivity contribution in [2.24, 2.45) is 5.10 Å². The number of ether oxygens (including phenoxy) is 2. The van der Waals surface area contributed by atoms with Crippen LogP contribution in [0.1, 0.15) is 25.6 Å². The van der Waals surface area contributed by atoms with E-state index in [1.54, 1.807) is 60.0 Å². The molecule has 0 atom stereocenters. The predicted molar refractivity (Wildman–Crippen MR) is 111 cm³/mol. The van der Waals surface area contributed by atoms with Gasteiger partial charge in [-0.15, -0.1) is 11.3 Å². The summed E-state index contributed by atoms with van der Waals surface area (Å²) in [6, 6.07) is 15.4. The van der Waals surface area contributed by atoms with Crippen molar-refractivity contribution in [1.29, 1.82) is 0 Å². The fourth-order valence-corrected chi connectivity index (χ4v) is 3.09. The standard InChI is InChI=1S/C20H15BrN2O4S/c1-26-17-11-13(4-9-16(17)27-20(25)18-3-2-10-28-18)12-22-23-19(24)14-5-7-15(21)8-6-14/h2-12H,1H3,(H,23,24)/b22-12-. The van der Waals surface area contributed by atoms with E-state index in [9.17, 15) is 9.59 Å². The molecule has 0 aliphatic heterocycles. The molecule has 0 aliphatic rings. The number of rotatable bonds is 6. The van der Waals surface area contributed by atoms with E-state index in [2.05, 4.69) is 26.5 Å². The zero-order valence-corrected chi connectivity index (χ0v) is 17.1. The molecule has 0 saturated carbocycles. The summed E-state index contributed by atoms with van der Waals surface area (Å²) in [7, 11) is 1.48. The molecule has 3 rings (SSSR count). The van der Waals surface area contributed by atoms with Crippen LogP contribution in [-0.4, -0.2) is 25.2 Å². The van der Waals surface area contributed by atoms with Crippen molar-refractivity contribution < 1.29 is 19.1 Å². The van der Waals surface area contributed by atoms with Crippen LogP contribution >= 0.6 is 27.3 Å². The van der Waals surface area contributed by atoms with Gasteiger partial charge in [0, 0.05) is 10.0 Å². The minimum absolute atomic E-state index is 0.303. The van der Waals surface area contributed by atoms with Crippen LogP contribution in [-0.2, 0) is 0 Å². The van der Waals surface area contributed by atoms with E-state index in [4.69, 9.17) is 9.47 Å². The number of nitrogens with zero attached hydrogens (tertiary/aromatic N) is 1. The molecular weight excluding hydrogens is 444 g/mol. The van der Waals surface area contributed by atoms with Crippen molar-refractivity contribution in [3.05, 3.63) is 80.5 Å². The van der Waals surface area contributed by atoms with E-state index in [0.29, 0.717) is 27.5 Å². The Morgan fingerprint density at radius 2 is 1.89 bits per heavy atom. The fraction of sp³-hybridized carbons (Fsp3) is 0.0500. The van der Waals surface area contributed by atoms with Gasteiger partial charge in [-0.2, -0.15) is 5.10 Å². The Morgan fingerprint density at radius 1 is 1.11 bits per heavy atom. The summed E-state index contributed by atoms with van der Waals surface area (Å²) < 4.78 is 11.5. The molecule has 1 amide bonds. The highest BCUT2D eigenvalue weighted by Crippen LogP contribution is 2.28. The summed E-state index contributed by atoms with van der Waals surface area (Å²) in [5.74, 6) is -0.0845. The van der Waals surface area contributed by atoms with Crippen molar-refractivity contribution in [3.63, 3.8) is 0 Å². The summed E-state index contributed by atoms with van der Waals surface area (Å²) in [5, 5.41) is 5.75. The Kier molecular flexibility index (Phi) is 6.57. The van der Waals surface area contributed by atoms with Crippen LogP contribution in [0, 0.1) is 0 Å². The first-order chi connectivity index (χ1) is 13.6. The van der Waals surface area contributed by atoms with E-state index >= 15 is 0 Å². The largest absolute Gasteiger partial charge is 0.493 e. The third-order valence-electron chi connectivity index (χ3n) is 3.60. The van der Waals surface area contributed by atoms with Crippen LogP contribution in [0.4, 0.5) is 0 Å². The van der Waals surface area contributed by atoms with E-state index in [1.165, 1.54) is 24.7 Å². The third kappa shape index (κ3) is 5.05. The van der Waals surface area contributed by atoms with Crippen LogP contribution in [0.15, 0.2) is 69.6 Å². The smallest absolute Gasteiger partial charge is 0.353 e. The number of hydrogen-bond acceptors (Lipinski definition) is 6. The Balaban J connectivity index is 1.66. The Labute approximate surface area is 173 Å². The highest BCUT2D eigenvalue weighted by atomic mass is 79.9. The fourth-order valence-electron chi connectivity index (χ4n) is 2.22. The van der Waals surface area contributed by atoms with E-state index in [-0.39, 0.29) is 5.91 Å². The van der Waals surface area contributed by atoms with E-state index in [1.807, 2.05) is 0 Å². The van der Waals surface area contributed by atoms with Crippen molar-refractivity contribution in [2.45, 2.75) is 0 Å². The van der Waals surface area contributed by atoms with Crippen molar-refractivity contribution >= 4 is 45.4 Å². The highest BCUT2D eigenvalue weighted by molar-refractivity contribution is 9.10. The number of hydrogen-bond donors (Lipinski definition) is 1. The van der Waals surface area contributed by atoms with Gasteiger partial charge in [-0.1, -0.05) is 22.0 Å². The Bertz CT molecular complexity index is 1000. The molecule has 1 N–H and O–H groups in total. The van der Waals surface area contributed by atoms with E-state index in [0.717, 1.165) is 4.47 Å². The average molecular weight is 459 g/mol. The predicted octanol–water partition coefficient (Wildman–Crippen LogP) is 4.50. The average Bonchev–Trinajstić information content (AvgIpc) is 3.24. The first kappa shape index (κ1) is 19.8. The third-order valence-corrected chi connectivity index (χ3v) is 4.98. The number of hydrazone groups is 1. The number of benzene rings is 2. The number of carbonyl (C=O) groups is 2. The monoisotopic (exact) mass is 458 g/mol. The Hall–Kier alpha value is -2.97. The topological polar surface area (TPSA) is 77.0 Å². The summed E-state index contributed by atoms with van der Waals surface area (Å²) in [6.45, 7) is 0. The summed E-state index contributed by atoms with van der Waals surface area (Å²) in [5.41, 5.74) is 3.62. The molecule has 2 aromatic carbocycles.